The highest BCUT2D eigenvalue weighted by Gasteiger charge is 2.25. The van der Waals surface area contributed by atoms with Crippen molar-refractivity contribution in [2.24, 2.45) is 0 Å². The standard InChI is InChI=1S/C25H25BrClNO5S/c1-6-32-17-9-7-16(8-10-17)20-15(4)34-24(21(20)25(30)31-5)28-19(29)12-33-18-11-13(2)23(27)14(3)22(18)26/h7-11H,6,12H2,1-5H3,(H,28,29). The molecular formula is C25H25BrClNO5S. The van der Waals surface area contributed by atoms with Gasteiger partial charge in [-0.3, -0.25) is 4.79 Å². The Balaban J connectivity index is 1.85. The first-order valence-electron chi connectivity index (χ1n) is 10.5. The van der Waals surface area contributed by atoms with Gasteiger partial charge in [0.2, 0.25) is 0 Å². The Morgan fingerprint density at radius 2 is 1.79 bits per heavy atom. The number of halogens is 2. The van der Waals surface area contributed by atoms with Crippen molar-refractivity contribution in [1.82, 2.24) is 0 Å². The second kappa shape index (κ2) is 11.3. The first-order valence-corrected chi connectivity index (χ1v) is 12.5. The minimum absolute atomic E-state index is 0.241. The lowest BCUT2D eigenvalue weighted by Crippen LogP contribution is -2.21. The summed E-state index contributed by atoms with van der Waals surface area (Å²) < 4.78 is 16.9. The maximum Gasteiger partial charge on any atom is 0.341 e. The molecule has 180 valence electrons. The zero-order valence-electron chi connectivity index (χ0n) is 19.5. The van der Waals surface area contributed by atoms with E-state index in [9.17, 15) is 9.59 Å². The summed E-state index contributed by atoms with van der Waals surface area (Å²) >= 11 is 11.0. The normalized spacial score (nSPS) is 10.7. The molecule has 0 saturated carbocycles. The number of carbonyl (C=O) groups excluding carboxylic acids is 2. The van der Waals surface area contributed by atoms with Crippen molar-refractivity contribution in [3.63, 3.8) is 0 Å². The van der Waals surface area contributed by atoms with Crippen LogP contribution >= 0.6 is 38.9 Å². The third kappa shape index (κ3) is 5.56. The second-order valence-corrected chi connectivity index (χ2v) is 9.86. The van der Waals surface area contributed by atoms with Gasteiger partial charge in [0.25, 0.3) is 5.91 Å². The van der Waals surface area contributed by atoms with Gasteiger partial charge in [-0.25, -0.2) is 4.79 Å². The average molecular weight is 567 g/mol. The fourth-order valence-corrected chi connectivity index (χ4v) is 5.24. The number of nitrogens with one attached hydrogen (secondary N) is 1. The Morgan fingerprint density at radius 1 is 1.12 bits per heavy atom. The van der Waals surface area contributed by atoms with E-state index in [1.165, 1.54) is 18.4 Å². The molecule has 34 heavy (non-hydrogen) atoms. The van der Waals surface area contributed by atoms with Gasteiger partial charge in [0.1, 0.15) is 22.1 Å². The number of hydrogen-bond acceptors (Lipinski definition) is 6. The van der Waals surface area contributed by atoms with E-state index < -0.39 is 11.9 Å². The Bertz CT molecular complexity index is 1220. The number of benzene rings is 2. The fourth-order valence-electron chi connectivity index (χ4n) is 3.47. The molecule has 0 radical (unpaired) electrons. The first-order chi connectivity index (χ1) is 16.2. The number of esters is 1. The van der Waals surface area contributed by atoms with Gasteiger partial charge in [0.15, 0.2) is 6.61 Å². The molecule has 0 bridgehead atoms. The lowest BCUT2D eigenvalue weighted by atomic mass is 10.0. The Labute approximate surface area is 216 Å². The highest BCUT2D eigenvalue weighted by atomic mass is 79.9. The van der Waals surface area contributed by atoms with Crippen molar-refractivity contribution in [2.75, 3.05) is 25.6 Å². The molecule has 1 heterocycles. The molecule has 3 rings (SSSR count). The third-order valence-corrected chi connectivity index (χ3v) is 7.70. The van der Waals surface area contributed by atoms with E-state index in [1.807, 2.05) is 52.0 Å². The van der Waals surface area contributed by atoms with E-state index in [1.54, 1.807) is 6.07 Å². The van der Waals surface area contributed by atoms with E-state index in [0.717, 1.165) is 27.3 Å². The lowest BCUT2D eigenvalue weighted by molar-refractivity contribution is -0.118. The SMILES string of the molecule is CCOc1ccc(-c2c(C)sc(NC(=O)COc3cc(C)c(Cl)c(C)c3Br)c2C(=O)OC)cc1. The van der Waals surface area contributed by atoms with Gasteiger partial charge < -0.3 is 19.5 Å². The van der Waals surface area contributed by atoms with Crippen LogP contribution in [0.15, 0.2) is 34.8 Å². The third-order valence-electron chi connectivity index (χ3n) is 5.11. The number of methoxy groups -OCH3 is 1. The van der Waals surface area contributed by atoms with Crippen LogP contribution < -0.4 is 14.8 Å². The van der Waals surface area contributed by atoms with Gasteiger partial charge in [0.05, 0.1) is 18.2 Å². The molecule has 2 aromatic carbocycles. The minimum Gasteiger partial charge on any atom is -0.494 e. The van der Waals surface area contributed by atoms with E-state index >= 15 is 0 Å². The Hall–Kier alpha value is -2.55. The number of ether oxygens (including phenoxy) is 3. The summed E-state index contributed by atoms with van der Waals surface area (Å²) in [7, 11) is 1.31. The van der Waals surface area contributed by atoms with Crippen molar-refractivity contribution < 1.29 is 23.8 Å². The number of anilines is 1. The van der Waals surface area contributed by atoms with Gasteiger partial charge in [-0.1, -0.05) is 23.7 Å². The summed E-state index contributed by atoms with van der Waals surface area (Å²) in [4.78, 5) is 26.3. The van der Waals surface area contributed by atoms with Gasteiger partial charge >= 0.3 is 5.97 Å². The van der Waals surface area contributed by atoms with E-state index in [2.05, 4.69) is 21.2 Å². The minimum atomic E-state index is -0.531. The summed E-state index contributed by atoms with van der Waals surface area (Å²) in [6.45, 7) is 7.87. The smallest absolute Gasteiger partial charge is 0.341 e. The van der Waals surface area contributed by atoms with Crippen LogP contribution in [0.3, 0.4) is 0 Å². The maximum absolute atomic E-state index is 12.7. The van der Waals surface area contributed by atoms with Crippen LogP contribution in [0.25, 0.3) is 11.1 Å². The summed E-state index contributed by atoms with van der Waals surface area (Å²) in [5.41, 5.74) is 3.52. The molecule has 0 unspecified atom stereocenters. The van der Waals surface area contributed by atoms with E-state index in [0.29, 0.717) is 38.0 Å². The van der Waals surface area contributed by atoms with Crippen molar-refractivity contribution in [3.05, 3.63) is 61.4 Å². The van der Waals surface area contributed by atoms with Gasteiger partial charge in [0, 0.05) is 15.5 Å². The largest absolute Gasteiger partial charge is 0.494 e. The van der Waals surface area contributed by atoms with Crippen LogP contribution in [0.2, 0.25) is 5.02 Å². The molecule has 1 amide bonds. The molecule has 0 spiro atoms. The molecule has 0 fully saturated rings. The van der Waals surface area contributed by atoms with E-state index in [4.69, 9.17) is 25.8 Å². The topological polar surface area (TPSA) is 73.9 Å². The summed E-state index contributed by atoms with van der Waals surface area (Å²) in [5, 5.41) is 3.85. The molecule has 6 nitrogen and oxygen atoms in total. The van der Waals surface area contributed by atoms with Crippen LogP contribution in [0.4, 0.5) is 5.00 Å². The molecular weight excluding hydrogens is 542 g/mol. The summed E-state index contributed by atoms with van der Waals surface area (Å²) in [6, 6.07) is 9.22. The van der Waals surface area contributed by atoms with E-state index in [-0.39, 0.29) is 6.61 Å². The van der Waals surface area contributed by atoms with Gasteiger partial charge in [-0.2, -0.15) is 0 Å². The molecule has 9 heteroatoms. The maximum atomic E-state index is 12.7. The lowest BCUT2D eigenvalue weighted by Gasteiger charge is -2.13. The number of amides is 1. The number of carbonyl (C=O) groups is 2. The summed E-state index contributed by atoms with van der Waals surface area (Å²) in [5.74, 6) is 0.321. The first kappa shape index (κ1) is 26.1. The van der Waals surface area contributed by atoms with Crippen LogP contribution in [-0.2, 0) is 9.53 Å². The molecule has 3 aromatic rings. The van der Waals surface area contributed by atoms with Crippen molar-refractivity contribution >= 4 is 55.7 Å². The van der Waals surface area contributed by atoms with Crippen LogP contribution in [0.5, 0.6) is 11.5 Å². The van der Waals surface area contributed by atoms with Crippen LogP contribution in [0.1, 0.15) is 33.3 Å². The molecule has 1 N–H and O–H groups in total. The zero-order chi connectivity index (χ0) is 25.0. The highest BCUT2D eigenvalue weighted by molar-refractivity contribution is 9.10. The monoisotopic (exact) mass is 565 g/mol. The Morgan fingerprint density at radius 3 is 2.41 bits per heavy atom. The van der Waals surface area contributed by atoms with Gasteiger partial charge in [-0.15, -0.1) is 11.3 Å². The highest BCUT2D eigenvalue weighted by Crippen LogP contribution is 2.41. The quantitative estimate of drug-likeness (QED) is 0.298. The number of aryl methyl sites for hydroxylation is 2. The van der Waals surface area contributed by atoms with Crippen LogP contribution in [-0.4, -0.2) is 32.2 Å². The molecule has 0 aliphatic rings. The van der Waals surface area contributed by atoms with Crippen molar-refractivity contribution in [1.29, 1.82) is 0 Å². The van der Waals surface area contributed by atoms with Gasteiger partial charge in [-0.05, 0) is 78.5 Å². The molecule has 0 aliphatic heterocycles. The van der Waals surface area contributed by atoms with Crippen molar-refractivity contribution in [3.8, 4) is 22.6 Å². The number of rotatable bonds is 8. The predicted molar refractivity (Wildman–Crippen MR) is 140 cm³/mol. The zero-order valence-corrected chi connectivity index (χ0v) is 22.7. The number of hydrogen-bond donors (Lipinski definition) is 1. The molecule has 0 saturated heterocycles. The molecule has 0 aliphatic carbocycles. The predicted octanol–water partition coefficient (Wildman–Crippen LogP) is 6.96. The second-order valence-electron chi connectivity index (χ2n) is 7.47. The fraction of sp³-hybridized carbons (Fsp3) is 0.280. The number of thiophene rings is 1. The average Bonchev–Trinajstić information content (AvgIpc) is 3.14. The molecule has 0 atom stereocenters. The summed E-state index contributed by atoms with van der Waals surface area (Å²) in [6.07, 6.45) is 0. The van der Waals surface area contributed by atoms with Crippen molar-refractivity contribution in [2.45, 2.75) is 27.7 Å². The molecule has 1 aromatic heterocycles. The Kier molecular flexibility index (Phi) is 8.62. The van der Waals surface area contributed by atoms with Crippen LogP contribution in [0, 0.1) is 20.8 Å².